The predicted molar refractivity (Wildman–Crippen MR) is 169 cm³/mol. The van der Waals surface area contributed by atoms with Crippen LogP contribution in [0.3, 0.4) is 0 Å². The summed E-state index contributed by atoms with van der Waals surface area (Å²) < 4.78 is 0. The third kappa shape index (κ3) is 6.35. The lowest BCUT2D eigenvalue weighted by Gasteiger charge is -2.23. The first kappa shape index (κ1) is 30.1. The molecule has 0 radical (unpaired) electrons. The van der Waals surface area contributed by atoms with Gasteiger partial charge in [-0.3, -0.25) is 20.2 Å². The molecule has 0 fully saturated rings. The van der Waals surface area contributed by atoms with Gasteiger partial charge in [-0.2, -0.15) is 0 Å². The summed E-state index contributed by atoms with van der Waals surface area (Å²) in [6, 6.07) is 20.7. The highest BCUT2D eigenvalue weighted by Gasteiger charge is 2.34. The number of allylic oxidation sites excluding steroid dienone is 2. The minimum Gasteiger partial charge on any atom is -0.334 e. The Kier molecular flexibility index (Phi) is 8.69. The summed E-state index contributed by atoms with van der Waals surface area (Å²) in [6.07, 6.45) is 3.61. The van der Waals surface area contributed by atoms with Crippen molar-refractivity contribution in [2.75, 3.05) is 17.2 Å². The van der Waals surface area contributed by atoms with E-state index in [9.17, 15) is 25.0 Å². The molecule has 12 heteroatoms. The molecule has 10 nitrogen and oxygen atoms in total. The van der Waals surface area contributed by atoms with Crippen molar-refractivity contribution in [1.82, 2.24) is 0 Å². The molecule has 0 aliphatic carbocycles. The van der Waals surface area contributed by atoms with E-state index in [2.05, 4.69) is 10.1 Å². The quantitative estimate of drug-likeness (QED) is 0.103. The Bertz CT molecular complexity index is 1640. The van der Waals surface area contributed by atoms with Crippen LogP contribution in [-0.2, 0) is 9.63 Å². The fourth-order valence-corrected chi connectivity index (χ4v) is 7.26. The molecule has 0 unspecified atom stereocenters. The fourth-order valence-electron chi connectivity index (χ4n) is 4.89. The molecule has 0 spiro atoms. The Balaban J connectivity index is 1.47. The van der Waals surface area contributed by atoms with E-state index in [1.807, 2.05) is 51.1 Å². The van der Waals surface area contributed by atoms with Crippen molar-refractivity contribution in [2.45, 2.75) is 30.9 Å². The van der Waals surface area contributed by atoms with Crippen molar-refractivity contribution in [3.63, 3.8) is 0 Å². The first-order chi connectivity index (χ1) is 20.6. The van der Waals surface area contributed by atoms with Crippen molar-refractivity contribution < 1.29 is 19.5 Å². The van der Waals surface area contributed by atoms with Gasteiger partial charge in [-0.25, -0.2) is 4.79 Å². The van der Waals surface area contributed by atoms with Gasteiger partial charge in [0.05, 0.1) is 31.4 Å². The summed E-state index contributed by atoms with van der Waals surface area (Å²) in [7, 11) is 0. The lowest BCUT2D eigenvalue weighted by atomic mass is 9.85. The van der Waals surface area contributed by atoms with E-state index < -0.39 is 21.1 Å². The molecule has 2 aliphatic heterocycles. The van der Waals surface area contributed by atoms with Crippen LogP contribution in [0.2, 0.25) is 0 Å². The van der Waals surface area contributed by atoms with Gasteiger partial charge in [0.2, 0.25) is 0 Å². The standard InChI is InChI=1S/C31H28N4O6S2/c1-31(2,3)29-22(30(36)41-32-29)16-17-27-33(25-14-8-9-15-26(25)43-27)18-19-42-28(20-10-4-6-12-23(20)34(37)38)21-11-5-7-13-24(21)35(39)40/h4-17,28H,18-19H2,1-3H3/b22-16-,27-17?. The van der Waals surface area contributed by atoms with Gasteiger partial charge in [-0.1, -0.05) is 86.2 Å². The summed E-state index contributed by atoms with van der Waals surface area (Å²) >= 11 is 2.97. The zero-order chi connectivity index (χ0) is 30.7. The molecule has 0 atom stereocenters. The van der Waals surface area contributed by atoms with Crippen molar-refractivity contribution in [3.8, 4) is 0 Å². The van der Waals surface area contributed by atoms with Crippen molar-refractivity contribution in [1.29, 1.82) is 0 Å². The van der Waals surface area contributed by atoms with Crippen LogP contribution >= 0.6 is 23.5 Å². The molecular weight excluding hydrogens is 588 g/mol. The van der Waals surface area contributed by atoms with Crippen LogP contribution in [0.4, 0.5) is 17.1 Å². The molecule has 3 aromatic carbocycles. The molecule has 2 aliphatic rings. The summed E-state index contributed by atoms with van der Waals surface area (Å²) in [4.78, 5) is 43.5. The molecule has 0 amide bonds. The number of nitro benzene ring substituents is 2. The molecule has 43 heavy (non-hydrogen) atoms. The number of carbonyl (C=O) groups excluding carboxylic acids is 1. The van der Waals surface area contributed by atoms with Gasteiger partial charge in [-0.05, 0) is 24.3 Å². The number of hydrogen-bond acceptors (Lipinski definition) is 10. The number of thioether (sulfide) groups is 2. The minimum absolute atomic E-state index is 0.0906. The van der Waals surface area contributed by atoms with E-state index in [1.54, 1.807) is 54.2 Å². The average molecular weight is 617 g/mol. The third-order valence-electron chi connectivity index (χ3n) is 6.87. The molecule has 5 rings (SSSR count). The fraction of sp³-hybridized carbons (Fsp3) is 0.226. The van der Waals surface area contributed by atoms with Crippen molar-refractivity contribution in [3.05, 3.63) is 127 Å². The van der Waals surface area contributed by atoms with Crippen molar-refractivity contribution in [2.24, 2.45) is 10.6 Å². The van der Waals surface area contributed by atoms with E-state index >= 15 is 0 Å². The second-order valence-electron chi connectivity index (χ2n) is 10.8. The Hall–Kier alpha value is -4.42. The maximum absolute atomic E-state index is 12.4. The summed E-state index contributed by atoms with van der Waals surface area (Å²) in [5.74, 6) is -0.0105. The highest BCUT2D eigenvalue weighted by molar-refractivity contribution is 8.03. The van der Waals surface area contributed by atoms with E-state index in [-0.39, 0.29) is 16.8 Å². The minimum atomic E-state index is -0.651. The number of hydrogen-bond donors (Lipinski definition) is 0. The molecule has 0 saturated carbocycles. The molecule has 220 valence electrons. The molecule has 0 N–H and O–H groups in total. The maximum Gasteiger partial charge on any atom is 0.367 e. The van der Waals surface area contributed by atoms with E-state index in [0.717, 1.165) is 15.6 Å². The highest BCUT2D eigenvalue weighted by atomic mass is 32.2. The van der Waals surface area contributed by atoms with Crippen LogP contribution < -0.4 is 4.90 Å². The van der Waals surface area contributed by atoms with Crippen LogP contribution in [0.15, 0.2) is 106 Å². The van der Waals surface area contributed by atoms with Crippen LogP contribution in [-0.4, -0.2) is 33.8 Å². The van der Waals surface area contributed by atoms with Gasteiger partial charge >= 0.3 is 5.97 Å². The molecule has 3 aromatic rings. The number of oxime groups is 1. The van der Waals surface area contributed by atoms with Gasteiger partial charge in [0.15, 0.2) is 0 Å². The number of benzene rings is 3. The number of nitrogens with zero attached hydrogens (tertiary/aromatic N) is 4. The Labute approximate surface area is 256 Å². The first-order valence-corrected chi connectivity index (χ1v) is 15.3. The van der Waals surface area contributed by atoms with Gasteiger partial charge in [-0.15, -0.1) is 11.8 Å². The van der Waals surface area contributed by atoms with E-state index in [4.69, 9.17) is 4.84 Å². The first-order valence-electron chi connectivity index (χ1n) is 13.4. The Morgan fingerprint density at radius 1 is 0.930 bits per heavy atom. The lowest BCUT2D eigenvalue weighted by molar-refractivity contribution is -0.386. The van der Waals surface area contributed by atoms with Crippen LogP contribution in [0.25, 0.3) is 0 Å². The zero-order valence-electron chi connectivity index (χ0n) is 23.6. The topological polar surface area (TPSA) is 128 Å². The van der Waals surface area contributed by atoms with Crippen molar-refractivity contribution >= 4 is 52.3 Å². The number of rotatable bonds is 9. The second kappa shape index (κ2) is 12.4. The number of carbonyl (C=O) groups is 1. The van der Waals surface area contributed by atoms with Crippen LogP contribution in [0.5, 0.6) is 0 Å². The molecule has 0 aromatic heterocycles. The monoisotopic (exact) mass is 616 g/mol. The molecule has 0 saturated heterocycles. The molecular formula is C31H28N4O6S2. The van der Waals surface area contributed by atoms with Crippen LogP contribution in [0.1, 0.15) is 37.1 Å². The van der Waals surface area contributed by atoms with Gasteiger partial charge < -0.3 is 9.74 Å². The van der Waals surface area contributed by atoms with E-state index in [1.165, 1.54) is 23.9 Å². The number of para-hydroxylation sites is 3. The average Bonchev–Trinajstić information content (AvgIpc) is 3.53. The lowest BCUT2D eigenvalue weighted by Crippen LogP contribution is -2.23. The Morgan fingerprint density at radius 2 is 1.51 bits per heavy atom. The van der Waals surface area contributed by atoms with Gasteiger partial charge in [0.1, 0.15) is 5.71 Å². The molecule has 2 heterocycles. The number of nitro groups is 2. The van der Waals surface area contributed by atoms with Gasteiger partial charge in [0, 0.05) is 45.9 Å². The maximum atomic E-state index is 12.4. The summed E-state index contributed by atoms with van der Waals surface area (Å²) in [5.41, 5.74) is 2.21. The smallest absolute Gasteiger partial charge is 0.334 e. The third-order valence-corrected chi connectivity index (χ3v) is 9.26. The van der Waals surface area contributed by atoms with E-state index in [0.29, 0.717) is 34.7 Å². The molecule has 0 bridgehead atoms. The zero-order valence-corrected chi connectivity index (χ0v) is 25.3. The predicted octanol–water partition coefficient (Wildman–Crippen LogP) is 7.66. The van der Waals surface area contributed by atoms with Gasteiger partial charge in [0.25, 0.3) is 11.4 Å². The second-order valence-corrected chi connectivity index (χ2v) is 13.0. The Morgan fingerprint density at radius 3 is 2.12 bits per heavy atom. The number of fused-ring (bicyclic) bond motifs is 1. The normalized spacial score (nSPS) is 16.5. The summed E-state index contributed by atoms with van der Waals surface area (Å²) in [5, 5.41) is 28.1. The largest absolute Gasteiger partial charge is 0.367 e. The highest BCUT2D eigenvalue weighted by Crippen LogP contribution is 2.47. The summed E-state index contributed by atoms with van der Waals surface area (Å²) in [6.45, 7) is 6.39. The van der Waals surface area contributed by atoms with Crippen LogP contribution in [0, 0.1) is 25.6 Å². The number of anilines is 1. The SMILES string of the molecule is CC(C)(C)C1=NOC(=O)/C1=C\C=C1Sc2ccccc2N1CCSC(c1ccccc1[N+](=O)[O-])c1ccccc1[N+](=O)[O-].